The van der Waals surface area contributed by atoms with Crippen LogP contribution in [0.25, 0.3) is 0 Å². The van der Waals surface area contributed by atoms with Gasteiger partial charge in [0, 0.05) is 25.9 Å². The summed E-state index contributed by atoms with van der Waals surface area (Å²) in [5.74, 6) is 0. The molecule has 0 aliphatic rings. The predicted octanol–water partition coefficient (Wildman–Crippen LogP) is 2.38. The fourth-order valence-corrected chi connectivity index (χ4v) is 1.38. The molecule has 0 saturated carbocycles. The lowest BCUT2D eigenvalue weighted by Gasteiger charge is -2.13. The van der Waals surface area contributed by atoms with Gasteiger partial charge < -0.3 is 4.74 Å². The number of nitrogens with zero attached hydrogens (tertiary/aromatic N) is 1. The first-order valence-electron chi connectivity index (χ1n) is 4.26. The fourth-order valence-electron chi connectivity index (χ4n) is 1.20. The normalized spacial score (nSPS) is 12.9. The summed E-state index contributed by atoms with van der Waals surface area (Å²) < 4.78 is 20.0. The van der Waals surface area contributed by atoms with E-state index in [9.17, 15) is 4.57 Å². The minimum Gasteiger partial charge on any atom is -0.377 e. The van der Waals surface area contributed by atoms with Crippen LogP contribution >= 0.6 is 8.69 Å². The van der Waals surface area contributed by atoms with E-state index in [1.807, 2.05) is 12.1 Å². The molecule has 1 atom stereocenters. The van der Waals surface area contributed by atoms with Crippen LogP contribution in [0.1, 0.15) is 18.1 Å². The molecule has 1 aromatic rings. The Morgan fingerprint density at radius 3 is 2.79 bits per heavy atom. The number of hydrogen-bond donors (Lipinski definition) is 0. The summed E-state index contributed by atoms with van der Waals surface area (Å²) in [5, 5.41) is 0. The van der Waals surface area contributed by atoms with Gasteiger partial charge in [0.25, 0.3) is 0 Å². The van der Waals surface area contributed by atoms with Gasteiger partial charge in [0.2, 0.25) is 0 Å². The van der Waals surface area contributed by atoms with Crippen molar-refractivity contribution in [2.75, 3.05) is 13.7 Å². The Morgan fingerprint density at radius 1 is 1.50 bits per heavy atom. The summed E-state index contributed by atoms with van der Waals surface area (Å²) in [5.41, 5.74) is 1.05. The fraction of sp³-hybridized carbons (Fsp3) is 0.444. The van der Waals surface area contributed by atoms with Crippen LogP contribution in [0.2, 0.25) is 0 Å². The van der Waals surface area contributed by atoms with E-state index >= 15 is 0 Å². The zero-order chi connectivity index (χ0) is 10.2. The number of pyridine rings is 1. The molecular weight excluding hydrogens is 201 g/mol. The topological polar surface area (TPSA) is 48.4 Å². The van der Waals surface area contributed by atoms with E-state index < -0.39 is 0 Å². The van der Waals surface area contributed by atoms with Crippen LogP contribution in [0, 0.1) is 0 Å². The Hall–Kier alpha value is -0.830. The molecule has 0 fully saturated rings. The molecule has 1 aromatic heterocycles. The molecule has 0 aliphatic heterocycles. The van der Waals surface area contributed by atoms with Gasteiger partial charge in [-0.05, 0) is 17.7 Å². The van der Waals surface area contributed by atoms with E-state index in [4.69, 9.17) is 9.26 Å². The molecule has 1 rings (SSSR count). The summed E-state index contributed by atoms with van der Waals surface area (Å²) in [6, 6.07) is 3.78. The Balaban J connectivity index is 2.50. The van der Waals surface area contributed by atoms with Crippen LogP contribution in [0.3, 0.4) is 0 Å². The highest BCUT2D eigenvalue weighted by Gasteiger charge is 2.09. The van der Waals surface area contributed by atoms with E-state index in [-0.39, 0.29) is 14.8 Å². The second-order valence-electron chi connectivity index (χ2n) is 2.70. The summed E-state index contributed by atoms with van der Waals surface area (Å²) >= 11 is 0. The molecule has 0 aliphatic carbocycles. The van der Waals surface area contributed by atoms with Gasteiger partial charge >= 0.3 is 8.69 Å². The summed E-state index contributed by atoms with van der Waals surface area (Å²) in [7, 11) is 1.35. The average Bonchev–Trinajstić information content (AvgIpc) is 2.26. The standard InChI is InChI=1S/C9H12NO3P/c1-12-9(4-7-13-14-11)8-2-5-10-6-3-8/h2-3,5-6,9H,4,7H2,1H3/t9-/m0/s1. The van der Waals surface area contributed by atoms with Crippen LogP contribution in [0.4, 0.5) is 0 Å². The summed E-state index contributed by atoms with van der Waals surface area (Å²) in [4.78, 5) is 3.92. The lowest BCUT2D eigenvalue weighted by Crippen LogP contribution is -2.04. The number of aromatic nitrogens is 1. The highest BCUT2D eigenvalue weighted by Crippen LogP contribution is 2.19. The molecule has 0 spiro atoms. The highest BCUT2D eigenvalue weighted by molar-refractivity contribution is 7.17. The van der Waals surface area contributed by atoms with E-state index in [1.54, 1.807) is 19.5 Å². The van der Waals surface area contributed by atoms with Gasteiger partial charge in [-0.25, -0.2) is 4.57 Å². The zero-order valence-corrected chi connectivity index (χ0v) is 8.81. The van der Waals surface area contributed by atoms with Gasteiger partial charge in [0.15, 0.2) is 0 Å². The predicted molar refractivity (Wildman–Crippen MR) is 52.2 cm³/mol. The number of hydrogen-bond acceptors (Lipinski definition) is 4. The average molecular weight is 213 g/mol. The molecule has 76 valence electrons. The Bertz CT molecular complexity index is 268. The van der Waals surface area contributed by atoms with Crippen molar-refractivity contribution < 1.29 is 13.8 Å². The van der Waals surface area contributed by atoms with Crippen molar-refractivity contribution in [2.24, 2.45) is 0 Å². The van der Waals surface area contributed by atoms with Gasteiger partial charge in [0.05, 0.1) is 12.7 Å². The number of rotatable bonds is 6. The lowest BCUT2D eigenvalue weighted by molar-refractivity contribution is 0.0829. The molecular formula is C9H12NO3P. The molecule has 0 amide bonds. The van der Waals surface area contributed by atoms with Gasteiger partial charge in [-0.1, -0.05) is 0 Å². The monoisotopic (exact) mass is 213 g/mol. The smallest absolute Gasteiger partial charge is 0.327 e. The van der Waals surface area contributed by atoms with Crippen LogP contribution in [0.15, 0.2) is 24.5 Å². The van der Waals surface area contributed by atoms with Crippen LogP contribution in [-0.2, 0) is 13.8 Å². The third kappa shape index (κ3) is 3.50. The molecule has 5 heteroatoms. The SMILES string of the molecule is CO[C@@H](CCOP=O)c1ccncc1. The summed E-state index contributed by atoms with van der Waals surface area (Å²) in [6.07, 6.45) is 4.08. The molecule has 0 N–H and O–H groups in total. The molecule has 0 saturated heterocycles. The highest BCUT2D eigenvalue weighted by atomic mass is 31.1. The van der Waals surface area contributed by atoms with Gasteiger partial charge in [-0.2, -0.15) is 0 Å². The number of methoxy groups -OCH3 is 1. The zero-order valence-electron chi connectivity index (χ0n) is 7.92. The van der Waals surface area contributed by atoms with Crippen molar-refractivity contribution in [1.82, 2.24) is 4.98 Å². The third-order valence-electron chi connectivity index (χ3n) is 1.89. The first-order valence-corrected chi connectivity index (χ1v) is 4.99. The molecule has 0 radical (unpaired) electrons. The first kappa shape index (κ1) is 11.2. The van der Waals surface area contributed by atoms with Crippen molar-refractivity contribution >= 4 is 8.69 Å². The summed E-state index contributed by atoms with van der Waals surface area (Å²) in [6.45, 7) is 0.409. The van der Waals surface area contributed by atoms with Gasteiger partial charge in [0.1, 0.15) is 0 Å². The molecule has 14 heavy (non-hydrogen) atoms. The van der Waals surface area contributed by atoms with Crippen molar-refractivity contribution in [3.63, 3.8) is 0 Å². The second kappa shape index (κ2) is 6.60. The van der Waals surface area contributed by atoms with Crippen LogP contribution in [-0.4, -0.2) is 18.7 Å². The van der Waals surface area contributed by atoms with E-state index in [2.05, 4.69) is 4.98 Å². The number of ether oxygens (including phenoxy) is 1. The van der Waals surface area contributed by atoms with Crippen molar-refractivity contribution in [3.8, 4) is 0 Å². The van der Waals surface area contributed by atoms with E-state index in [1.165, 1.54) is 0 Å². The van der Waals surface area contributed by atoms with Crippen LogP contribution in [0.5, 0.6) is 0 Å². The van der Waals surface area contributed by atoms with Crippen molar-refractivity contribution in [1.29, 1.82) is 0 Å². The maximum absolute atomic E-state index is 10.0. The Labute approximate surface area is 84.5 Å². The lowest BCUT2D eigenvalue weighted by atomic mass is 10.1. The minimum atomic E-state index is -0.285. The molecule has 0 aromatic carbocycles. The maximum Gasteiger partial charge on any atom is 0.327 e. The molecule has 1 heterocycles. The van der Waals surface area contributed by atoms with Gasteiger partial charge in [-0.3, -0.25) is 9.51 Å². The van der Waals surface area contributed by atoms with Crippen LogP contribution < -0.4 is 0 Å². The second-order valence-corrected chi connectivity index (χ2v) is 3.11. The minimum absolute atomic E-state index is 0.0280. The third-order valence-corrected chi connectivity index (χ3v) is 2.17. The van der Waals surface area contributed by atoms with E-state index in [0.717, 1.165) is 5.56 Å². The molecule has 0 bridgehead atoms. The van der Waals surface area contributed by atoms with Gasteiger partial charge in [-0.15, -0.1) is 0 Å². The van der Waals surface area contributed by atoms with Crippen molar-refractivity contribution in [2.45, 2.75) is 12.5 Å². The first-order chi connectivity index (χ1) is 6.88. The largest absolute Gasteiger partial charge is 0.377 e. The Kier molecular flexibility index (Phi) is 5.30. The maximum atomic E-state index is 10.0. The quantitative estimate of drug-likeness (QED) is 0.537. The molecule has 4 nitrogen and oxygen atoms in total. The molecule has 0 unspecified atom stereocenters. The van der Waals surface area contributed by atoms with Crippen molar-refractivity contribution in [3.05, 3.63) is 30.1 Å². The van der Waals surface area contributed by atoms with E-state index in [0.29, 0.717) is 13.0 Å². The Morgan fingerprint density at radius 2 is 2.21 bits per heavy atom.